The van der Waals surface area contributed by atoms with Crippen LogP contribution in [0.2, 0.25) is 0 Å². The molecule has 0 aromatic heterocycles. The van der Waals surface area contributed by atoms with Crippen LogP contribution in [-0.4, -0.2) is 5.78 Å². The molecule has 0 bridgehead atoms. The van der Waals surface area contributed by atoms with Crippen LogP contribution < -0.4 is 0 Å². The van der Waals surface area contributed by atoms with Crippen LogP contribution in [0.5, 0.6) is 0 Å². The van der Waals surface area contributed by atoms with Crippen molar-refractivity contribution in [3.05, 3.63) is 71.0 Å². The molecule has 0 N–H and O–H groups in total. The van der Waals surface area contributed by atoms with Gasteiger partial charge in [0.2, 0.25) is 0 Å². The Balaban J connectivity index is 2.32. The molecule has 2 aromatic carbocycles. The Morgan fingerprint density at radius 3 is 2.21 bits per heavy atom. The highest BCUT2D eigenvalue weighted by Gasteiger charge is 2.21. The van der Waals surface area contributed by atoms with Crippen molar-refractivity contribution < 1.29 is 9.18 Å². The quantitative estimate of drug-likeness (QED) is 0.784. The molecule has 1 unspecified atom stereocenters. The van der Waals surface area contributed by atoms with Crippen LogP contribution in [-0.2, 0) is 0 Å². The SMILES string of the molecule is Cc1ccc(C(C#N)C(=O)c2ccc(F)cc2)cc1. The van der Waals surface area contributed by atoms with E-state index in [1.807, 2.05) is 25.1 Å². The van der Waals surface area contributed by atoms with E-state index in [2.05, 4.69) is 0 Å². The van der Waals surface area contributed by atoms with Gasteiger partial charge in [-0.25, -0.2) is 4.39 Å². The number of hydrogen-bond donors (Lipinski definition) is 0. The Morgan fingerprint density at radius 2 is 1.68 bits per heavy atom. The van der Waals surface area contributed by atoms with E-state index in [1.54, 1.807) is 12.1 Å². The number of nitriles is 1. The summed E-state index contributed by atoms with van der Waals surface area (Å²) in [4.78, 5) is 12.2. The number of Topliss-reactive ketones (excluding diaryl/α,β-unsaturated/α-hetero) is 1. The average molecular weight is 253 g/mol. The first kappa shape index (κ1) is 13.0. The summed E-state index contributed by atoms with van der Waals surface area (Å²) in [6.45, 7) is 1.94. The molecule has 94 valence electrons. The third-order valence-electron chi connectivity index (χ3n) is 2.93. The Hall–Kier alpha value is -2.47. The summed E-state index contributed by atoms with van der Waals surface area (Å²) in [6.07, 6.45) is 0. The van der Waals surface area contributed by atoms with E-state index in [1.165, 1.54) is 24.3 Å². The summed E-state index contributed by atoms with van der Waals surface area (Å²) in [7, 11) is 0. The lowest BCUT2D eigenvalue weighted by atomic mass is 9.91. The minimum absolute atomic E-state index is 0.314. The largest absolute Gasteiger partial charge is 0.292 e. The first-order chi connectivity index (χ1) is 9.11. The molecule has 0 saturated carbocycles. The van der Waals surface area contributed by atoms with Gasteiger partial charge in [-0.05, 0) is 36.8 Å². The van der Waals surface area contributed by atoms with Crippen molar-refractivity contribution in [1.82, 2.24) is 0 Å². The smallest absolute Gasteiger partial charge is 0.184 e. The molecule has 0 aliphatic carbocycles. The van der Waals surface area contributed by atoms with Crippen LogP contribution in [0, 0.1) is 24.1 Å². The van der Waals surface area contributed by atoms with Gasteiger partial charge in [0, 0.05) is 5.56 Å². The minimum atomic E-state index is -0.855. The van der Waals surface area contributed by atoms with Gasteiger partial charge in [-0.15, -0.1) is 0 Å². The molecule has 2 rings (SSSR count). The van der Waals surface area contributed by atoms with Crippen molar-refractivity contribution in [1.29, 1.82) is 5.26 Å². The lowest BCUT2D eigenvalue weighted by molar-refractivity contribution is 0.0979. The second-order valence-corrected chi connectivity index (χ2v) is 4.34. The van der Waals surface area contributed by atoms with E-state index in [0.717, 1.165) is 5.56 Å². The molecule has 0 aliphatic heterocycles. The standard InChI is InChI=1S/C16H12FNO/c1-11-2-4-12(5-3-11)15(10-18)16(19)13-6-8-14(17)9-7-13/h2-9,15H,1H3. The molecular weight excluding hydrogens is 241 g/mol. The van der Waals surface area contributed by atoms with Gasteiger partial charge in [-0.3, -0.25) is 4.79 Å². The molecule has 2 nitrogen and oxygen atoms in total. The first-order valence-corrected chi connectivity index (χ1v) is 5.88. The Labute approximate surface area is 111 Å². The molecule has 3 heteroatoms. The number of carbonyl (C=O) groups excluding carboxylic acids is 1. The zero-order valence-corrected chi connectivity index (χ0v) is 10.4. The van der Waals surface area contributed by atoms with Gasteiger partial charge in [-0.2, -0.15) is 5.26 Å². The summed E-state index contributed by atoms with van der Waals surface area (Å²) < 4.78 is 12.8. The minimum Gasteiger partial charge on any atom is -0.292 e. The van der Waals surface area contributed by atoms with Crippen molar-refractivity contribution in [2.24, 2.45) is 0 Å². The zero-order chi connectivity index (χ0) is 13.8. The monoisotopic (exact) mass is 253 g/mol. The van der Waals surface area contributed by atoms with E-state index in [-0.39, 0.29) is 5.78 Å². The van der Waals surface area contributed by atoms with Crippen LogP contribution in [0.15, 0.2) is 48.5 Å². The first-order valence-electron chi connectivity index (χ1n) is 5.88. The normalized spacial score (nSPS) is 11.6. The van der Waals surface area contributed by atoms with E-state index >= 15 is 0 Å². The summed E-state index contributed by atoms with van der Waals surface area (Å²) >= 11 is 0. The summed E-state index contributed by atoms with van der Waals surface area (Å²) in [5.41, 5.74) is 2.06. The molecule has 0 spiro atoms. The van der Waals surface area contributed by atoms with Gasteiger partial charge >= 0.3 is 0 Å². The fourth-order valence-corrected chi connectivity index (χ4v) is 1.82. The third-order valence-corrected chi connectivity index (χ3v) is 2.93. The molecule has 0 fully saturated rings. The van der Waals surface area contributed by atoms with Gasteiger partial charge in [0.05, 0.1) is 6.07 Å². The second-order valence-electron chi connectivity index (χ2n) is 4.34. The number of halogens is 1. The molecule has 0 radical (unpaired) electrons. The van der Waals surface area contributed by atoms with Crippen LogP contribution >= 0.6 is 0 Å². The maximum Gasteiger partial charge on any atom is 0.184 e. The number of carbonyl (C=O) groups is 1. The maximum absolute atomic E-state index is 12.8. The fraction of sp³-hybridized carbons (Fsp3) is 0.125. The predicted octanol–water partition coefficient (Wildman–Crippen LogP) is 3.62. The van der Waals surface area contributed by atoms with Crippen molar-refractivity contribution in [2.45, 2.75) is 12.8 Å². The number of hydrogen-bond acceptors (Lipinski definition) is 2. The van der Waals surface area contributed by atoms with Gasteiger partial charge in [0.25, 0.3) is 0 Å². The van der Waals surface area contributed by atoms with E-state index in [4.69, 9.17) is 0 Å². The van der Waals surface area contributed by atoms with Gasteiger partial charge < -0.3 is 0 Å². The van der Waals surface area contributed by atoms with E-state index in [9.17, 15) is 14.4 Å². The van der Waals surface area contributed by atoms with Gasteiger partial charge in [-0.1, -0.05) is 29.8 Å². The third kappa shape index (κ3) is 2.86. The highest BCUT2D eigenvalue weighted by molar-refractivity contribution is 6.02. The Bertz CT molecular complexity index is 623. The van der Waals surface area contributed by atoms with Crippen molar-refractivity contribution in [3.63, 3.8) is 0 Å². The van der Waals surface area contributed by atoms with Crippen LogP contribution in [0.4, 0.5) is 4.39 Å². The molecule has 19 heavy (non-hydrogen) atoms. The summed E-state index contributed by atoms with van der Waals surface area (Å²) in [5, 5.41) is 9.19. The molecule has 0 heterocycles. The highest BCUT2D eigenvalue weighted by Crippen LogP contribution is 2.21. The molecule has 0 amide bonds. The fourth-order valence-electron chi connectivity index (χ4n) is 1.82. The Kier molecular flexibility index (Phi) is 3.72. The van der Waals surface area contributed by atoms with Crippen molar-refractivity contribution >= 4 is 5.78 Å². The van der Waals surface area contributed by atoms with Crippen molar-refractivity contribution in [2.75, 3.05) is 0 Å². The molecular formula is C16H12FNO. The van der Waals surface area contributed by atoms with Gasteiger partial charge in [0.15, 0.2) is 5.78 Å². The predicted molar refractivity (Wildman–Crippen MR) is 70.3 cm³/mol. The second kappa shape index (κ2) is 5.45. The Morgan fingerprint density at radius 1 is 1.11 bits per heavy atom. The number of rotatable bonds is 3. The number of benzene rings is 2. The molecule has 1 atom stereocenters. The number of aryl methyl sites for hydroxylation is 1. The average Bonchev–Trinajstić information content (AvgIpc) is 2.42. The molecule has 0 aliphatic rings. The van der Waals surface area contributed by atoms with E-state index in [0.29, 0.717) is 11.1 Å². The van der Waals surface area contributed by atoms with Gasteiger partial charge in [0.1, 0.15) is 11.7 Å². The van der Waals surface area contributed by atoms with Crippen LogP contribution in [0.1, 0.15) is 27.4 Å². The van der Waals surface area contributed by atoms with E-state index < -0.39 is 11.7 Å². The highest BCUT2D eigenvalue weighted by atomic mass is 19.1. The lowest BCUT2D eigenvalue weighted by Gasteiger charge is -2.09. The topological polar surface area (TPSA) is 40.9 Å². The van der Waals surface area contributed by atoms with Crippen molar-refractivity contribution in [3.8, 4) is 6.07 Å². The number of ketones is 1. The number of nitrogens with zero attached hydrogens (tertiary/aromatic N) is 1. The molecule has 2 aromatic rings. The van der Waals surface area contributed by atoms with Crippen LogP contribution in [0.3, 0.4) is 0 Å². The van der Waals surface area contributed by atoms with Crippen LogP contribution in [0.25, 0.3) is 0 Å². The maximum atomic E-state index is 12.8. The molecule has 0 saturated heterocycles. The zero-order valence-electron chi connectivity index (χ0n) is 10.4. The lowest BCUT2D eigenvalue weighted by Crippen LogP contribution is -2.11. The summed E-state index contributed by atoms with van der Waals surface area (Å²) in [5.74, 6) is -1.57. The summed E-state index contributed by atoms with van der Waals surface area (Å²) in [6, 6.07) is 14.5.